The molecule has 4 heteroatoms. The van der Waals surface area contributed by atoms with E-state index in [-0.39, 0.29) is 11.3 Å². The number of amides is 1. The van der Waals surface area contributed by atoms with Crippen LogP contribution in [0.3, 0.4) is 0 Å². The summed E-state index contributed by atoms with van der Waals surface area (Å²) in [5.41, 5.74) is 0.0826. The van der Waals surface area contributed by atoms with E-state index in [1.807, 2.05) is 0 Å². The summed E-state index contributed by atoms with van der Waals surface area (Å²) in [6.45, 7) is 8.79. The van der Waals surface area contributed by atoms with Gasteiger partial charge in [0.2, 0.25) is 5.91 Å². The zero-order chi connectivity index (χ0) is 13.1. The van der Waals surface area contributed by atoms with E-state index in [9.17, 15) is 4.79 Å². The Morgan fingerprint density at radius 3 is 2.76 bits per heavy atom. The Kier molecular flexibility index (Phi) is 4.95. The highest BCUT2D eigenvalue weighted by Gasteiger charge is 2.32. The van der Waals surface area contributed by atoms with Crippen LogP contribution >= 0.6 is 0 Å². The second-order valence-electron chi connectivity index (χ2n) is 5.98. The van der Waals surface area contributed by atoms with Crippen molar-refractivity contribution in [2.45, 2.75) is 39.7 Å². The van der Waals surface area contributed by atoms with Gasteiger partial charge >= 0.3 is 0 Å². The largest absolute Gasteiger partial charge is 0.384 e. The minimum atomic E-state index is -0.917. The van der Waals surface area contributed by atoms with E-state index in [1.165, 1.54) is 26.3 Å². The SMILES string of the molecule is CC(O)C(=O)NCC(C)(C)C1CCCN(C)C1. The van der Waals surface area contributed by atoms with Gasteiger partial charge in [-0.3, -0.25) is 4.79 Å². The summed E-state index contributed by atoms with van der Waals surface area (Å²) in [6, 6.07) is 0. The highest BCUT2D eigenvalue weighted by molar-refractivity contribution is 5.79. The summed E-state index contributed by atoms with van der Waals surface area (Å²) >= 11 is 0. The van der Waals surface area contributed by atoms with Gasteiger partial charge in [-0.25, -0.2) is 0 Å². The molecule has 17 heavy (non-hydrogen) atoms. The third-order valence-corrected chi connectivity index (χ3v) is 3.83. The van der Waals surface area contributed by atoms with E-state index in [1.54, 1.807) is 0 Å². The number of carbonyl (C=O) groups is 1. The summed E-state index contributed by atoms with van der Waals surface area (Å²) in [5, 5.41) is 12.0. The second kappa shape index (κ2) is 5.83. The maximum atomic E-state index is 11.4. The van der Waals surface area contributed by atoms with Gasteiger partial charge in [-0.15, -0.1) is 0 Å². The zero-order valence-electron chi connectivity index (χ0n) is 11.5. The molecule has 1 rings (SSSR count). The van der Waals surface area contributed by atoms with Crippen LogP contribution in [0.25, 0.3) is 0 Å². The van der Waals surface area contributed by atoms with Gasteiger partial charge in [0.1, 0.15) is 6.10 Å². The first-order valence-electron chi connectivity index (χ1n) is 6.47. The van der Waals surface area contributed by atoms with Crippen molar-refractivity contribution in [2.75, 3.05) is 26.7 Å². The van der Waals surface area contributed by atoms with Crippen molar-refractivity contribution in [2.24, 2.45) is 11.3 Å². The lowest BCUT2D eigenvalue weighted by molar-refractivity contribution is -0.129. The van der Waals surface area contributed by atoms with Crippen molar-refractivity contribution in [3.63, 3.8) is 0 Å². The molecule has 0 radical (unpaired) electrons. The third-order valence-electron chi connectivity index (χ3n) is 3.83. The van der Waals surface area contributed by atoms with Crippen LogP contribution in [0.5, 0.6) is 0 Å². The van der Waals surface area contributed by atoms with Gasteiger partial charge in [-0.2, -0.15) is 0 Å². The van der Waals surface area contributed by atoms with E-state index in [4.69, 9.17) is 5.11 Å². The number of nitrogens with one attached hydrogen (secondary N) is 1. The standard InChI is InChI=1S/C13H26N2O2/c1-10(16)12(17)14-9-13(2,3)11-6-5-7-15(4)8-11/h10-11,16H,5-9H2,1-4H3,(H,14,17). The number of likely N-dealkylation sites (tertiary alicyclic amines) is 1. The molecule has 2 unspecified atom stereocenters. The molecule has 1 amide bonds. The predicted molar refractivity (Wildman–Crippen MR) is 68.7 cm³/mol. The molecule has 4 nitrogen and oxygen atoms in total. The summed E-state index contributed by atoms with van der Waals surface area (Å²) < 4.78 is 0. The van der Waals surface area contributed by atoms with Gasteiger partial charge in [-0.1, -0.05) is 13.8 Å². The van der Waals surface area contributed by atoms with Crippen LogP contribution in [0.4, 0.5) is 0 Å². The quantitative estimate of drug-likeness (QED) is 0.768. The van der Waals surface area contributed by atoms with Crippen LogP contribution in [-0.2, 0) is 4.79 Å². The van der Waals surface area contributed by atoms with Gasteiger partial charge in [0.25, 0.3) is 0 Å². The normalized spacial score (nSPS) is 24.4. The van der Waals surface area contributed by atoms with Crippen molar-refractivity contribution < 1.29 is 9.90 Å². The Morgan fingerprint density at radius 2 is 2.24 bits per heavy atom. The number of aliphatic hydroxyl groups excluding tert-OH is 1. The molecule has 1 fully saturated rings. The van der Waals surface area contributed by atoms with Crippen LogP contribution in [0.2, 0.25) is 0 Å². The molecular weight excluding hydrogens is 216 g/mol. The maximum Gasteiger partial charge on any atom is 0.248 e. The molecule has 0 bridgehead atoms. The molecule has 0 spiro atoms. The lowest BCUT2D eigenvalue weighted by Gasteiger charge is -2.40. The highest BCUT2D eigenvalue weighted by Crippen LogP contribution is 2.32. The van der Waals surface area contributed by atoms with Crippen LogP contribution in [0.15, 0.2) is 0 Å². The Labute approximate surface area is 104 Å². The number of rotatable bonds is 4. The lowest BCUT2D eigenvalue weighted by atomic mass is 9.74. The molecule has 0 aromatic carbocycles. The summed E-state index contributed by atoms with van der Waals surface area (Å²) in [7, 11) is 2.15. The average molecular weight is 242 g/mol. The Bertz CT molecular complexity index is 264. The van der Waals surface area contributed by atoms with Crippen LogP contribution < -0.4 is 5.32 Å². The minimum absolute atomic E-state index is 0.0826. The second-order valence-corrected chi connectivity index (χ2v) is 5.98. The lowest BCUT2D eigenvalue weighted by Crippen LogP contribution is -2.46. The molecule has 0 aliphatic carbocycles. The topological polar surface area (TPSA) is 52.6 Å². The zero-order valence-corrected chi connectivity index (χ0v) is 11.5. The fourth-order valence-corrected chi connectivity index (χ4v) is 2.41. The molecule has 100 valence electrons. The molecule has 1 aliphatic heterocycles. The number of nitrogens with zero attached hydrogens (tertiary/aromatic N) is 1. The van der Waals surface area contributed by atoms with Crippen LogP contribution in [-0.4, -0.2) is 48.7 Å². The highest BCUT2D eigenvalue weighted by atomic mass is 16.3. The van der Waals surface area contributed by atoms with E-state index in [0.29, 0.717) is 12.5 Å². The van der Waals surface area contributed by atoms with Gasteiger partial charge in [0.05, 0.1) is 0 Å². The van der Waals surface area contributed by atoms with Crippen molar-refractivity contribution >= 4 is 5.91 Å². The van der Waals surface area contributed by atoms with Crippen molar-refractivity contribution in [1.29, 1.82) is 0 Å². The first-order valence-corrected chi connectivity index (χ1v) is 6.47. The number of hydrogen-bond donors (Lipinski definition) is 2. The molecule has 1 saturated heterocycles. The molecule has 1 aliphatic rings. The van der Waals surface area contributed by atoms with E-state index in [0.717, 1.165) is 6.54 Å². The fraction of sp³-hybridized carbons (Fsp3) is 0.923. The number of carbonyl (C=O) groups excluding carboxylic acids is 1. The third kappa shape index (κ3) is 4.28. The van der Waals surface area contributed by atoms with Gasteiger partial charge in [-0.05, 0) is 44.7 Å². The van der Waals surface area contributed by atoms with Gasteiger partial charge in [0, 0.05) is 13.1 Å². The van der Waals surface area contributed by atoms with Crippen molar-refractivity contribution in [1.82, 2.24) is 10.2 Å². The van der Waals surface area contributed by atoms with E-state index >= 15 is 0 Å². The minimum Gasteiger partial charge on any atom is -0.384 e. The first kappa shape index (κ1) is 14.5. The Balaban J connectivity index is 2.46. The number of piperidine rings is 1. The van der Waals surface area contributed by atoms with Gasteiger partial charge in [0.15, 0.2) is 0 Å². The molecule has 0 aromatic rings. The molecule has 2 N–H and O–H groups in total. The van der Waals surface area contributed by atoms with Crippen molar-refractivity contribution in [3.8, 4) is 0 Å². The molecular formula is C13H26N2O2. The van der Waals surface area contributed by atoms with Crippen molar-refractivity contribution in [3.05, 3.63) is 0 Å². The first-order chi connectivity index (χ1) is 7.83. The fourth-order valence-electron chi connectivity index (χ4n) is 2.41. The number of hydrogen-bond acceptors (Lipinski definition) is 3. The summed E-state index contributed by atoms with van der Waals surface area (Å²) in [5.74, 6) is 0.331. The van der Waals surface area contributed by atoms with E-state index < -0.39 is 6.10 Å². The molecule has 0 aromatic heterocycles. The monoisotopic (exact) mass is 242 g/mol. The van der Waals surface area contributed by atoms with Crippen LogP contribution in [0, 0.1) is 11.3 Å². The van der Waals surface area contributed by atoms with E-state index in [2.05, 4.69) is 31.1 Å². The Morgan fingerprint density at radius 1 is 1.59 bits per heavy atom. The average Bonchev–Trinajstić information content (AvgIpc) is 2.26. The predicted octanol–water partition coefficient (Wildman–Crippen LogP) is 0.851. The number of aliphatic hydroxyl groups is 1. The Hall–Kier alpha value is -0.610. The maximum absolute atomic E-state index is 11.4. The van der Waals surface area contributed by atoms with Crippen LogP contribution in [0.1, 0.15) is 33.6 Å². The molecule has 1 heterocycles. The van der Waals surface area contributed by atoms with Gasteiger partial charge < -0.3 is 15.3 Å². The summed E-state index contributed by atoms with van der Waals surface area (Å²) in [4.78, 5) is 13.7. The summed E-state index contributed by atoms with van der Waals surface area (Å²) in [6.07, 6.45) is 1.54. The smallest absolute Gasteiger partial charge is 0.248 e. The molecule has 2 atom stereocenters. The molecule has 0 saturated carbocycles.